The van der Waals surface area contributed by atoms with Gasteiger partial charge in [-0.1, -0.05) is 13.8 Å². The molecule has 1 aromatic rings. The third-order valence-corrected chi connectivity index (χ3v) is 4.14. The van der Waals surface area contributed by atoms with E-state index in [1.54, 1.807) is 12.4 Å². The van der Waals surface area contributed by atoms with Crippen molar-refractivity contribution in [1.82, 2.24) is 19.8 Å². The highest BCUT2D eigenvalue weighted by molar-refractivity contribution is 5.38. The van der Waals surface area contributed by atoms with Crippen LogP contribution in [0.5, 0.6) is 0 Å². The number of aryl methyl sites for hydroxylation is 1. The van der Waals surface area contributed by atoms with Crippen molar-refractivity contribution in [3.05, 3.63) is 18.1 Å². The van der Waals surface area contributed by atoms with Gasteiger partial charge in [0.25, 0.3) is 0 Å². The number of hydrogen-bond donors (Lipinski definition) is 1. The fraction of sp³-hybridized carbons (Fsp3) is 0.733. The van der Waals surface area contributed by atoms with Gasteiger partial charge in [-0.3, -0.25) is 9.88 Å². The minimum absolute atomic E-state index is 0.546. The number of nitrogens with zero attached hydrogens (tertiary/aromatic N) is 4. The van der Waals surface area contributed by atoms with Crippen molar-refractivity contribution in [2.75, 3.05) is 45.1 Å². The van der Waals surface area contributed by atoms with Crippen molar-refractivity contribution in [2.45, 2.75) is 26.8 Å². The normalized spacial score (nSPS) is 19.2. The van der Waals surface area contributed by atoms with Crippen LogP contribution in [0.3, 0.4) is 0 Å². The van der Waals surface area contributed by atoms with E-state index in [0.29, 0.717) is 12.0 Å². The molecule has 0 aliphatic carbocycles. The van der Waals surface area contributed by atoms with Gasteiger partial charge in [-0.15, -0.1) is 0 Å². The Kier molecular flexibility index (Phi) is 5.31. The molecule has 1 aliphatic rings. The van der Waals surface area contributed by atoms with Gasteiger partial charge in [0.15, 0.2) is 0 Å². The Hall–Kier alpha value is -1.20. The van der Waals surface area contributed by atoms with Crippen LogP contribution in [0.15, 0.2) is 12.4 Å². The molecule has 0 aromatic carbocycles. The number of anilines is 1. The van der Waals surface area contributed by atoms with Gasteiger partial charge in [0, 0.05) is 51.2 Å². The van der Waals surface area contributed by atoms with Gasteiger partial charge in [0.05, 0.1) is 5.69 Å². The third kappa shape index (κ3) is 3.90. The smallest absolute Gasteiger partial charge is 0.147 e. The second-order valence-corrected chi connectivity index (χ2v) is 6.02. The van der Waals surface area contributed by atoms with Crippen LogP contribution in [0, 0.1) is 12.8 Å². The molecule has 112 valence electrons. The second kappa shape index (κ2) is 6.99. The number of rotatable bonds is 5. The molecule has 0 spiro atoms. The Balaban J connectivity index is 1.94. The van der Waals surface area contributed by atoms with E-state index in [0.717, 1.165) is 44.2 Å². The summed E-state index contributed by atoms with van der Waals surface area (Å²) in [5, 5.41) is 3.47. The summed E-state index contributed by atoms with van der Waals surface area (Å²) in [6.45, 7) is 12.2. The number of aromatic nitrogens is 2. The summed E-state index contributed by atoms with van der Waals surface area (Å²) in [5.74, 6) is 1.54. The quantitative estimate of drug-likeness (QED) is 0.883. The summed E-state index contributed by atoms with van der Waals surface area (Å²) >= 11 is 0. The predicted octanol–water partition coefficient (Wildman–Crippen LogP) is 1.47. The molecule has 5 heteroatoms. The Bertz CT molecular complexity index is 412. The molecule has 1 aromatic heterocycles. The van der Waals surface area contributed by atoms with Crippen LogP contribution in [0.2, 0.25) is 0 Å². The first-order valence-corrected chi connectivity index (χ1v) is 7.52. The van der Waals surface area contributed by atoms with Gasteiger partial charge in [0.2, 0.25) is 0 Å². The summed E-state index contributed by atoms with van der Waals surface area (Å²) in [4.78, 5) is 13.6. The molecule has 1 saturated heterocycles. The Morgan fingerprint density at radius 2 is 1.80 bits per heavy atom. The molecule has 1 atom stereocenters. The second-order valence-electron chi connectivity index (χ2n) is 6.02. The summed E-state index contributed by atoms with van der Waals surface area (Å²) in [7, 11) is 2.20. The van der Waals surface area contributed by atoms with E-state index in [1.165, 1.54) is 0 Å². The highest BCUT2D eigenvalue weighted by Gasteiger charge is 2.24. The van der Waals surface area contributed by atoms with E-state index in [9.17, 15) is 0 Å². The van der Waals surface area contributed by atoms with Gasteiger partial charge in [-0.05, 0) is 19.9 Å². The fourth-order valence-corrected chi connectivity index (χ4v) is 2.72. The van der Waals surface area contributed by atoms with Gasteiger partial charge >= 0.3 is 0 Å². The highest BCUT2D eigenvalue weighted by Crippen LogP contribution is 2.15. The van der Waals surface area contributed by atoms with E-state index in [-0.39, 0.29) is 0 Å². The zero-order valence-electron chi connectivity index (χ0n) is 13.1. The van der Waals surface area contributed by atoms with E-state index in [4.69, 9.17) is 0 Å². The molecule has 0 radical (unpaired) electrons. The molecule has 20 heavy (non-hydrogen) atoms. The standard InChI is InChI=1S/C15H27N5/c1-12(2)14(20-9-7-19(4)8-10-20)11-18-15-13(3)16-5-6-17-15/h5-6,12,14H,7-11H2,1-4H3,(H,17,18). The van der Waals surface area contributed by atoms with Crippen molar-refractivity contribution in [3.8, 4) is 0 Å². The number of hydrogen-bond acceptors (Lipinski definition) is 5. The lowest BCUT2D eigenvalue weighted by Crippen LogP contribution is -2.52. The first-order valence-electron chi connectivity index (χ1n) is 7.52. The summed E-state index contributed by atoms with van der Waals surface area (Å²) in [5.41, 5.74) is 0.966. The third-order valence-electron chi connectivity index (χ3n) is 4.14. The number of nitrogens with one attached hydrogen (secondary N) is 1. The zero-order valence-corrected chi connectivity index (χ0v) is 13.1. The molecule has 1 aliphatic heterocycles. The SMILES string of the molecule is Cc1nccnc1NCC(C(C)C)N1CCN(C)CC1. The average molecular weight is 277 g/mol. The molecule has 2 heterocycles. The monoisotopic (exact) mass is 277 g/mol. The lowest BCUT2D eigenvalue weighted by atomic mass is 10.0. The van der Waals surface area contributed by atoms with Crippen molar-refractivity contribution in [2.24, 2.45) is 5.92 Å². The molecule has 5 nitrogen and oxygen atoms in total. The predicted molar refractivity (Wildman–Crippen MR) is 83.0 cm³/mol. The van der Waals surface area contributed by atoms with Gasteiger partial charge < -0.3 is 10.2 Å². The van der Waals surface area contributed by atoms with Crippen LogP contribution in [0.4, 0.5) is 5.82 Å². The maximum absolute atomic E-state index is 4.37. The summed E-state index contributed by atoms with van der Waals surface area (Å²) in [6.07, 6.45) is 3.48. The molecular formula is C15H27N5. The maximum Gasteiger partial charge on any atom is 0.147 e. The van der Waals surface area contributed by atoms with Crippen molar-refractivity contribution in [1.29, 1.82) is 0 Å². The molecule has 0 bridgehead atoms. The first kappa shape index (κ1) is 15.2. The van der Waals surface area contributed by atoms with Crippen LogP contribution in [0.1, 0.15) is 19.5 Å². The molecule has 0 saturated carbocycles. The van der Waals surface area contributed by atoms with E-state index in [1.807, 2.05) is 6.92 Å². The molecule has 1 unspecified atom stereocenters. The van der Waals surface area contributed by atoms with Gasteiger partial charge in [0.1, 0.15) is 5.82 Å². The molecule has 2 rings (SSSR count). The van der Waals surface area contributed by atoms with Crippen LogP contribution in [-0.4, -0.2) is 65.6 Å². The van der Waals surface area contributed by atoms with Crippen molar-refractivity contribution >= 4 is 5.82 Å². The summed E-state index contributed by atoms with van der Waals surface area (Å²) in [6, 6.07) is 0.546. The van der Waals surface area contributed by atoms with Crippen LogP contribution in [0.25, 0.3) is 0 Å². The van der Waals surface area contributed by atoms with Crippen LogP contribution >= 0.6 is 0 Å². The minimum atomic E-state index is 0.546. The van der Waals surface area contributed by atoms with E-state index >= 15 is 0 Å². The van der Waals surface area contributed by atoms with Crippen molar-refractivity contribution < 1.29 is 0 Å². The minimum Gasteiger partial charge on any atom is -0.367 e. The topological polar surface area (TPSA) is 44.3 Å². The van der Waals surface area contributed by atoms with Gasteiger partial charge in [-0.25, -0.2) is 4.98 Å². The summed E-state index contributed by atoms with van der Waals surface area (Å²) < 4.78 is 0. The van der Waals surface area contributed by atoms with E-state index < -0.39 is 0 Å². The van der Waals surface area contributed by atoms with Crippen LogP contribution < -0.4 is 5.32 Å². The molecule has 0 amide bonds. The van der Waals surface area contributed by atoms with Crippen molar-refractivity contribution in [3.63, 3.8) is 0 Å². The Morgan fingerprint density at radius 1 is 1.15 bits per heavy atom. The molecule has 1 N–H and O–H groups in total. The largest absolute Gasteiger partial charge is 0.367 e. The molecular weight excluding hydrogens is 250 g/mol. The zero-order chi connectivity index (χ0) is 14.5. The number of likely N-dealkylation sites (N-methyl/N-ethyl adjacent to an activating group) is 1. The van der Waals surface area contributed by atoms with E-state index in [2.05, 4.69) is 46.0 Å². The lowest BCUT2D eigenvalue weighted by Gasteiger charge is -2.40. The Labute approximate surface area is 122 Å². The van der Waals surface area contributed by atoms with Gasteiger partial charge in [-0.2, -0.15) is 0 Å². The number of piperazine rings is 1. The Morgan fingerprint density at radius 3 is 2.40 bits per heavy atom. The lowest BCUT2D eigenvalue weighted by molar-refractivity contribution is 0.0944. The maximum atomic E-state index is 4.37. The average Bonchev–Trinajstić information content (AvgIpc) is 2.42. The molecule has 1 fully saturated rings. The fourth-order valence-electron chi connectivity index (χ4n) is 2.72. The van der Waals surface area contributed by atoms with Crippen LogP contribution in [-0.2, 0) is 0 Å². The highest BCUT2D eigenvalue weighted by atomic mass is 15.3. The first-order chi connectivity index (χ1) is 9.58.